The van der Waals surface area contributed by atoms with Gasteiger partial charge in [-0.05, 0) is 49.2 Å². The van der Waals surface area contributed by atoms with Crippen LogP contribution in [0.3, 0.4) is 0 Å². The molecule has 0 aliphatic carbocycles. The Morgan fingerprint density at radius 1 is 0.725 bits per heavy atom. The second-order valence-electron chi connectivity index (χ2n) is 9.10. The number of hydrogen-bond donors (Lipinski definition) is 2. The van der Waals surface area contributed by atoms with Crippen molar-refractivity contribution in [1.29, 1.82) is 0 Å². The molecule has 2 aromatic carbocycles. The number of aromatic nitrogens is 2. The number of azo groups is 2. The SMILES string of the molecule is CCCn1c(O)c(N=NC(=O)CCC(=O)N=Nc2c(O)n(CCC)c3ccc(OC)cc23)c2cc(OC)ccc21. The first-order chi connectivity index (χ1) is 19.3. The average Bonchev–Trinajstić information content (AvgIpc) is 3.38. The summed E-state index contributed by atoms with van der Waals surface area (Å²) >= 11 is 0. The topological polar surface area (TPSA) is 152 Å². The number of carbonyl (C=O) groups is 2. The molecule has 0 saturated heterocycles. The van der Waals surface area contributed by atoms with Crippen LogP contribution in [-0.2, 0) is 22.7 Å². The second kappa shape index (κ2) is 12.4. The minimum Gasteiger partial charge on any atom is -0.497 e. The van der Waals surface area contributed by atoms with E-state index >= 15 is 0 Å². The third-order valence-corrected chi connectivity index (χ3v) is 6.40. The number of nitrogens with zero attached hydrogens (tertiary/aromatic N) is 6. The normalized spacial score (nSPS) is 11.8. The van der Waals surface area contributed by atoms with E-state index in [1.54, 1.807) is 33.4 Å². The third kappa shape index (κ3) is 5.65. The van der Waals surface area contributed by atoms with Crippen LogP contribution in [0.25, 0.3) is 21.8 Å². The molecule has 12 heteroatoms. The average molecular weight is 549 g/mol. The molecule has 0 bridgehead atoms. The Kier molecular flexibility index (Phi) is 8.77. The van der Waals surface area contributed by atoms with E-state index in [4.69, 9.17) is 9.47 Å². The van der Waals surface area contributed by atoms with E-state index in [9.17, 15) is 19.8 Å². The summed E-state index contributed by atoms with van der Waals surface area (Å²) in [5.41, 5.74) is 1.77. The molecule has 2 aromatic heterocycles. The lowest BCUT2D eigenvalue weighted by atomic mass is 10.2. The molecule has 4 aromatic rings. The first-order valence-electron chi connectivity index (χ1n) is 13.0. The van der Waals surface area contributed by atoms with Gasteiger partial charge in [-0.15, -0.1) is 20.5 Å². The van der Waals surface area contributed by atoms with E-state index in [1.165, 1.54) is 14.2 Å². The van der Waals surface area contributed by atoms with Crippen molar-refractivity contribution in [1.82, 2.24) is 9.13 Å². The molecule has 4 rings (SSSR count). The maximum absolute atomic E-state index is 12.4. The van der Waals surface area contributed by atoms with E-state index in [0.717, 1.165) is 23.9 Å². The van der Waals surface area contributed by atoms with Crippen molar-refractivity contribution in [3.63, 3.8) is 0 Å². The second-order valence-corrected chi connectivity index (χ2v) is 9.10. The first kappa shape index (κ1) is 28.3. The number of aromatic hydroxyl groups is 2. The van der Waals surface area contributed by atoms with Gasteiger partial charge >= 0.3 is 0 Å². The van der Waals surface area contributed by atoms with E-state index < -0.39 is 11.8 Å². The summed E-state index contributed by atoms with van der Waals surface area (Å²) in [5, 5.41) is 38.1. The van der Waals surface area contributed by atoms with Crippen LogP contribution in [0.2, 0.25) is 0 Å². The van der Waals surface area contributed by atoms with Gasteiger partial charge in [0.15, 0.2) is 11.4 Å². The van der Waals surface area contributed by atoms with Crippen LogP contribution in [-0.4, -0.2) is 45.4 Å². The Morgan fingerprint density at radius 2 is 1.12 bits per heavy atom. The van der Waals surface area contributed by atoms with Crippen molar-refractivity contribution in [2.75, 3.05) is 14.2 Å². The van der Waals surface area contributed by atoms with Crippen molar-refractivity contribution in [2.45, 2.75) is 52.6 Å². The maximum Gasteiger partial charge on any atom is 0.265 e. The van der Waals surface area contributed by atoms with E-state index in [0.29, 0.717) is 35.4 Å². The molecule has 0 atom stereocenters. The molecule has 210 valence electrons. The van der Waals surface area contributed by atoms with E-state index in [2.05, 4.69) is 20.5 Å². The molecule has 0 spiro atoms. The van der Waals surface area contributed by atoms with Crippen LogP contribution in [0.5, 0.6) is 23.3 Å². The van der Waals surface area contributed by atoms with Crippen LogP contribution in [0.4, 0.5) is 11.4 Å². The summed E-state index contributed by atoms with van der Waals surface area (Å²) in [6.45, 7) is 5.07. The van der Waals surface area contributed by atoms with Crippen molar-refractivity contribution in [2.24, 2.45) is 20.5 Å². The zero-order valence-electron chi connectivity index (χ0n) is 22.9. The number of benzene rings is 2. The Balaban J connectivity index is 1.48. The summed E-state index contributed by atoms with van der Waals surface area (Å²) in [6.07, 6.45) is 1.05. The quantitative estimate of drug-likeness (QED) is 0.203. The number of aryl methyl sites for hydroxylation is 2. The minimum atomic E-state index is -0.658. The summed E-state index contributed by atoms with van der Waals surface area (Å²) in [7, 11) is 3.06. The fourth-order valence-electron chi connectivity index (χ4n) is 4.48. The Bertz CT molecular complexity index is 1500. The van der Waals surface area contributed by atoms with Crippen molar-refractivity contribution in [3.05, 3.63) is 36.4 Å². The van der Waals surface area contributed by atoms with Crippen LogP contribution < -0.4 is 9.47 Å². The highest BCUT2D eigenvalue weighted by atomic mass is 16.5. The zero-order valence-corrected chi connectivity index (χ0v) is 22.9. The molecule has 0 radical (unpaired) electrons. The predicted molar refractivity (Wildman–Crippen MR) is 149 cm³/mol. The molecule has 0 fully saturated rings. The van der Waals surface area contributed by atoms with E-state index in [1.807, 2.05) is 26.0 Å². The summed E-state index contributed by atoms with van der Waals surface area (Å²) in [6, 6.07) is 10.6. The number of rotatable bonds is 11. The van der Waals surface area contributed by atoms with Gasteiger partial charge in [-0.3, -0.25) is 9.59 Å². The fourth-order valence-corrected chi connectivity index (χ4v) is 4.48. The Labute approximate surface area is 230 Å². The summed E-state index contributed by atoms with van der Waals surface area (Å²) in [4.78, 5) is 24.8. The van der Waals surface area contributed by atoms with Gasteiger partial charge < -0.3 is 28.8 Å². The Hall–Kier alpha value is -4.74. The van der Waals surface area contributed by atoms with Gasteiger partial charge in [0.05, 0.1) is 25.3 Å². The van der Waals surface area contributed by atoms with Crippen LogP contribution in [0.1, 0.15) is 39.5 Å². The zero-order chi connectivity index (χ0) is 28.8. The van der Waals surface area contributed by atoms with Gasteiger partial charge in [0.2, 0.25) is 11.8 Å². The van der Waals surface area contributed by atoms with Crippen molar-refractivity contribution < 1.29 is 29.3 Å². The fraction of sp³-hybridized carbons (Fsp3) is 0.357. The molecule has 0 aliphatic heterocycles. The van der Waals surface area contributed by atoms with Gasteiger partial charge in [-0.25, -0.2) is 0 Å². The molecular formula is C28H32N6O6. The van der Waals surface area contributed by atoms with Crippen LogP contribution in [0, 0.1) is 0 Å². The smallest absolute Gasteiger partial charge is 0.265 e. The minimum absolute atomic E-state index is 0.106. The molecular weight excluding hydrogens is 516 g/mol. The number of amides is 2. The molecule has 12 nitrogen and oxygen atoms in total. The molecule has 2 N–H and O–H groups in total. The lowest BCUT2D eigenvalue weighted by Crippen LogP contribution is -1.98. The lowest BCUT2D eigenvalue weighted by Gasteiger charge is -2.04. The molecule has 0 unspecified atom stereocenters. The van der Waals surface area contributed by atoms with Gasteiger partial charge in [0, 0.05) is 36.7 Å². The van der Waals surface area contributed by atoms with Gasteiger partial charge in [0.1, 0.15) is 11.5 Å². The summed E-state index contributed by atoms with van der Waals surface area (Å²) < 4.78 is 13.9. The Morgan fingerprint density at radius 3 is 1.48 bits per heavy atom. The maximum atomic E-state index is 12.4. The number of fused-ring (bicyclic) bond motifs is 2. The van der Waals surface area contributed by atoms with Crippen LogP contribution >= 0.6 is 0 Å². The number of carbonyl (C=O) groups excluding carboxylic acids is 2. The third-order valence-electron chi connectivity index (χ3n) is 6.40. The largest absolute Gasteiger partial charge is 0.497 e. The van der Waals surface area contributed by atoms with Gasteiger partial charge in [0.25, 0.3) is 11.8 Å². The molecule has 40 heavy (non-hydrogen) atoms. The highest BCUT2D eigenvalue weighted by Crippen LogP contribution is 2.42. The first-order valence-corrected chi connectivity index (χ1v) is 13.0. The van der Waals surface area contributed by atoms with E-state index in [-0.39, 0.29) is 36.0 Å². The van der Waals surface area contributed by atoms with Gasteiger partial charge in [-0.2, -0.15) is 0 Å². The number of hydrogen-bond acceptors (Lipinski definition) is 8. The standard InChI is InChI=1S/C28H32N6O6/c1-5-13-33-21-9-7-17(39-3)15-19(21)25(27(33)37)31-29-23(35)11-12-24(36)30-32-26-20-16-18(40-4)8-10-22(20)34(14-6-2)28(26)38/h7-10,15-16,37-38H,5-6,11-14H2,1-4H3. The predicted octanol–water partition coefficient (Wildman–Crippen LogP) is 6.55. The highest BCUT2D eigenvalue weighted by molar-refractivity contribution is 5.97. The number of ether oxygens (including phenoxy) is 2. The molecule has 0 saturated carbocycles. The molecule has 0 aliphatic rings. The summed E-state index contributed by atoms with van der Waals surface area (Å²) in [5.74, 6) is -0.386. The highest BCUT2D eigenvalue weighted by Gasteiger charge is 2.19. The number of methoxy groups -OCH3 is 2. The van der Waals surface area contributed by atoms with Crippen molar-refractivity contribution in [3.8, 4) is 23.3 Å². The van der Waals surface area contributed by atoms with Gasteiger partial charge in [-0.1, -0.05) is 13.8 Å². The molecule has 2 heterocycles. The lowest BCUT2D eigenvalue weighted by molar-refractivity contribution is -0.123. The monoisotopic (exact) mass is 548 g/mol. The van der Waals surface area contributed by atoms with Crippen molar-refractivity contribution >= 4 is 45.0 Å². The molecule has 2 amide bonds. The van der Waals surface area contributed by atoms with Crippen LogP contribution in [0.15, 0.2) is 56.9 Å².